The summed E-state index contributed by atoms with van der Waals surface area (Å²) in [6.45, 7) is 1.83. The molecule has 0 saturated heterocycles. The van der Waals surface area contributed by atoms with Crippen LogP contribution in [0.5, 0.6) is 0 Å². The molecule has 0 spiro atoms. The molecule has 0 bridgehead atoms. The highest BCUT2D eigenvalue weighted by Gasteiger charge is 2.25. The molecule has 1 aromatic rings. The number of benzene rings is 1. The minimum Gasteiger partial charge on any atom is -0.465 e. The third kappa shape index (κ3) is 3.95. The maximum atomic E-state index is 11.4. The highest BCUT2D eigenvalue weighted by Crippen LogP contribution is 2.18. The second-order valence-corrected chi connectivity index (χ2v) is 3.91. The Bertz CT molecular complexity index is 448. The second kappa shape index (κ2) is 7.13. The minimum atomic E-state index is -1.21. The Kier molecular flexibility index (Phi) is 5.81. The van der Waals surface area contributed by atoms with E-state index in [9.17, 15) is 14.7 Å². The number of hydrogen-bond acceptors (Lipinski definition) is 7. The van der Waals surface area contributed by atoms with Gasteiger partial charge in [-0.15, -0.1) is 0 Å². The van der Waals surface area contributed by atoms with Crippen molar-refractivity contribution in [1.82, 2.24) is 0 Å². The molecule has 1 aromatic carbocycles. The summed E-state index contributed by atoms with van der Waals surface area (Å²) in [5, 5.41) is 9.92. The SMILES string of the molecule is CCOC(=O)C(N)C(O)c1ccc(C(=O)OS)cc1. The molecule has 2 atom stereocenters. The van der Waals surface area contributed by atoms with Crippen molar-refractivity contribution in [3.63, 3.8) is 0 Å². The summed E-state index contributed by atoms with van der Waals surface area (Å²) in [6, 6.07) is 4.65. The smallest absolute Gasteiger partial charge is 0.349 e. The van der Waals surface area contributed by atoms with Crippen molar-refractivity contribution in [3.05, 3.63) is 35.4 Å². The molecule has 0 aliphatic carbocycles. The van der Waals surface area contributed by atoms with Gasteiger partial charge in [-0.25, -0.2) is 4.79 Å². The van der Waals surface area contributed by atoms with Crippen LogP contribution in [0, 0.1) is 0 Å². The number of nitrogens with two attached hydrogens (primary N) is 1. The first-order chi connectivity index (χ1) is 9.01. The quantitative estimate of drug-likeness (QED) is 0.416. The number of hydrogen-bond donors (Lipinski definition) is 3. The van der Waals surface area contributed by atoms with Gasteiger partial charge in [0.25, 0.3) is 0 Å². The number of ether oxygens (including phenoxy) is 1. The van der Waals surface area contributed by atoms with E-state index in [-0.39, 0.29) is 12.2 Å². The van der Waals surface area contributed by atoms with Crippen LogP contribution < -0.4 is 5.73 Å². The second-order valence-electron chi connectivity index (χ2n) is 3.72. The van der Waals surface area contributed by atoms with Crippen molar-refractivity contribution in [3.8, 4) is 0 Å². The van der Waals surface area contributed by atoms with Gasteiger partial charge in [0.05, 0.1) is 12.2 Å². The summed E-state index contributed by atoms with van der Waals surface area (Å²) in [5.41, 5.74) is 6.25. The zero-order chi connectivity index (χ0) is 14.4. The van der Waals surface area contributed by atoms with E-state index in [4.69, 9.17) is 10.5 Å². The first kappa shape index (κ1) is 15.5. The van der Waals surface area contributed by atoms with Gasteiger partial charge >= 0.3 is 11.9 Å². The Morgan fingerprint density at radius 3 is 2.42 bits per heavy atom. The number of thiol groups is 1. The average Bonchev–Trinajstić information content (AvgIpc) is 2.45. The lowest BCUT2D eigenvalue weighted by Crippen LogP contribution is -2.38. The molecule has 3 N–H and O–H groups in total. The first-order valence-electron chi connectivity index (χ1n) is 5.57. The van der Waals surface area contributed by atoms with Gasteiger partial charge in [-0.1, -0.05) is 12.1 Å². The van der Waals surface area contributed by atoms with Gasteiger partial charge in [0.15, 0.2) is 0 Å². The molecule has 104 valence electrons. The summed E-state index contributed by atoms with van der Waals surface area (Å²) in [4.78, 5) is 22.5. The fourth-order valence-corrected chi connectivity index (χ4v) is 1.55. The van der Waals surface area contributed by atoms with Gasteiger partial charge in [0, 0.05) is 12.9 Å². The zero-order valence-corrected chi connectivity index (χ0v) is 11.2. The van der Waals surface area contributed by atoms with Gasteiger partial charge in [-0.2, -0.15) is 0 Å². The lowest BCUT2D eigenvalue weighted by atomic mass is 10.0. The lowest BCUT2D eigenvalue weighted by molar-refractivity contribution is -0.147. The van der Waals surface area contributed by atoms with Crippen LogP contribution in [0.2, 0.25) is 0 Å². The molecule has 19 heavy (non-hydrogen) atoms. The number of aliphatic hydroxyl groups is 1. The molecule has 0 aliphatic rings. The highest BCUT2D eigenvalue weighted by atomic mass is 32.1. The van der Waals surface area contributed by atoms with Crippen molar-refractivity contribution < 1.29 is 23.6 Å². The van der Waals surface area contributed by atoms with Crippen LogP contribution in [0.3, 0.4) is 0 Å². The summed E-state index contributed by atoms with van der Waals surface area (Å²) < 4.78 is 8.97. The Morgan fingerprint density at radius 1 is 1.37 bits per heavy atom. The highest BCUT2D eigenvalue weighted by molar-refractivity contribution is 7.75. The largest absolute Gasteiger partial charge is 0.465 e. The molecule has 6 nitrogen and oxygen atoms in total. The molecule has 0 heterocycles. The molecule has 0 fully saturated rings. The van der Waals surface area contributed by atoms with Crippen molar-refractivity contribution in [2.45, 2.75) is 19.1 Å². The van der Waals surface area contributed by atoms with Gasteiger partial charge in [-0.3, -0.25) is 4.79 Å². The molecule has 0 amide bonds. The van der Waals surface area contributed by atoms with E-state index in [2.05, 4.69) is 17.1 Å². The van der Waals surface area contributed by atoms with E-state index < -0.39 is 24.1 Å². The molecule has 1 rings (SSSR count). The van der Waals surface area contributed by atoms with Crippen LogP contribution in [0.4, 0.5) is 0 Å². The van der Waals surface area contributed by atoms with Crippen LogP contribution in [-0.2, 0) is 13.7 Å². The minimum absolute atomic E-state index is 0.186. The van der Waals surface area contributed by atoms with Crippen LogP contribution in [0.1, 0.15) is 28.9 Å². The average molecular weight is 285 g/mol. The summed E-state index contributed by atoms with van der Waals surface area (Å²) in [5.74, 6) is -1.30. The molecule has 0 aromatic heterocycles. The normalized spacial score (nSPS) is 13.5. The Hall–Kier alpha value is -1.57. The summed E-state index contributed by atoms with van der Waals surface area (Å²) in [6.07, 6.45) is -1.21. The van der Waals surface area contributed by atoms with Crippen LogP contribution >= 0.6 is 12.9 Å². The molecule has 2 unspecified atom stereocenters. The standard InChI is InChI=1S/C12H15NO5S/c1-2-17-12(16)9(13)10(14)7-3-5-8(6-4-7)11(15)18-19/h3-6,9-10,14,19H,2,13H2,1H3. The Morgan fingerprint density at radius 2 is 1.95 bits per heavy atom. The van der Waals surface area contributed by atoms with Crippen LogP contribution in [0.15, 0.2) is 24.3 Å². The van der Waals surface area contributed by atoms with Gasteiger partial charge in [-0.05, 0) is 24.6 Å². The molecule has 0 saturated carbocycles. The predicted molar refractivity (Wildman–Crippen MR) is 70.4 cm³/mol. The molecular formula is C12H15NO5S. The topological polar surface area (TPSA) is 98.9 Å². The Labute approximate surface area is 116 Å². The Balaban J connectivity index is 2.80. The predicted octanol–water partition coefficient (Wildman–Crippen LogP) is 0.612. The summed E-state index contributed by atoms with van der Waals surface area (Å²) >= 11 is 3.40. The first-order valence-corrected chi connectivity index (χ1v) is 5.93. The van der Waals surface area contributed by atoms with E-state index in [0.29, 0.717) is 5.56 Å². The van der Waals surface area contributed by atoms with E-state index in [1.165, 1.54) is 24.3 Å². The monoisotopic (exact) mass is 285 g/mol. The van der Waals surface area contributed by atoms with Gasteiger partial charge in [0.1, 0.15) is 12.1 Å². The molecule has 0 aliphatic heterocycles. The zero-order valence-electron chi connectivity index (χ0n) is 10.3. The maximum Gasteiger partial charge on any atom is 0.349 e. The number of rotatable bonds is 5. The van der Waals surface area contributed by atoms with Crippen molar-refractivity contribution in [2.24, 2.45) is 5.73 Å². The molecule has 0 radical (unpaired) electrons. The molecular weight excluding hydrogens is 270 g/mol. The van der Waals surface area contributed by atoms with Crippen molar-refractivity contribution >= 4 is 24.8 Å². The number of carbonyl (C=O) groups is 2. The van der Waals surface area contributed by atoms with Gasteiger partial charge < -0.3 is 19.8 Å². The third-order valence-electron chi connectivity index (χ3n) is 2.47. The van der Waals surface area contributed by atoms with E-state index in [1.807, 2.05) is 0 Å². The van der Waals surface area contributed by atoms with E-state index in [0.717, 1.165) is 0 Å². The number of carbonyl (C=O) groups excluding carboxylic acids is 2. The maximum absolute atomic E-state index is 11.4. The fourth-order valence-electron chi connectivity index (χ4n) is 1.44. The summed E-state index contributed by atoms with van der Waals surface area (Å²) in [7, 11) is 0. The fraction of sp³-hybridized carbons (Fsp3) is 0.333. The number of esters is 1. The van der Waals surface area contributed by atoms with E-state index >= 15 is 0 Å². The van der Waals surface area contributed by atoms with Crippen molar-refractivity contribution in [2.75, 3.05) is 6.61 Å². The lowest BCUT2D eigenvalue weighted by Gasteiger charge is -2.17. The number of aliphatic hydroxyl groups excluding tert-OH is 1. The van der Waals surface area contributed by atoms with Crippen molar-refractivity contribution in [1.29, 1.82) is 0 Å². The third-order valence-corrected chi connectivity index (χ3v) is 2.64. The molecule has 7 heteroatoms. The van der Waals surface area contributed by atoms with Crippen LogP contribution in [0.25, 0.3) is 0 Å². The van der Waals surface area contributed by atoms with E-state index in [1.54, 1.807) is 6.92 Å². The van der Waals surface area contributed by atoms with Crippen LogP contribution in [-0.4, -0.2) is 29.7 Å². The van der Waals surface area contributed by atoms with Gasteiger partial charge in [0.2, 0.25) is 0 Å².